The molecule has 2 nitrogen and oxygen atoms in total. The van der Waals surface area contributed by atoms with E-state index in [1.165, 1.54) is 5.57 Å². The number of aliphatic hydroxyl groups excluding tert-OH is 1. The van der Waals surface area contributed by atoms with E-state index in [1.807, 2.05) is 13.0 Å². The van der Waals surface area contributed by atoms with Crippen LogP contribution in [-0.4, -0.2) is 16.7 Å². The summed E-state index contributed by atoms with van der Waals surface area (Å²) in [4.78, 5) is 0. The second-order valence-electron chi connectivity index (χ2n) is 4.35. The summed E-state index contributed by atoms with van der Waals surface area (Å²) in [5.41, 5.74) is 6.81. The minimum absolute atomic E-state index is 0.418. The molecule has 0 radical (unpaired) electrons. The molecular weight excluding hydrogens is 150 g/mol. The number of hydrogen-bond acceptors (Lipinski definition) is 2. The van der Waals surface area contributed by atoms with Crippen molar-refractivity contribution in [1.29, 1.82) is 0 Å². The Bertz CT molecular complexity index is 194. The number of hydrogen-bond donors (Lipinski definition) is 2. The van der Waals surface area contributed by atoms with Gasteiger partial charge in [-0.1, -0.05) is 25.5 Å². The van der Waals surface area contributed by atoms with Crippen LogP contribution in [0.15, 0.2) is 11.6 Å². The van der Waals surface area contributed by atoms with E-state index in [2.05, 4.69) is 13.8 Å². The van der Waals surface area contributed by atoms with Crippen LogP contribution in [-0.2, 0) is 0 Å². The van der Waals surface area contributed by atoms with Gasteiger partial charge in [0.15, 0.2) is 0 Å². The van der Waals surface area contributed by atoms with Gasteiger partial charge in [-0.15, -0.1) is 0 Å². The molecule has 1 rings (SSSR count). The molecule has 0 aromatic rings. The van der Waals surface area contributed by atoms with Gasteiger partial charge in [0.05, 0.1) is 6.10 Å². The molecule has 2 unspecified atom stereocenters. The Morgan fingerprint density at radius 2 is 2.25 bits per heavy atom. The number of allylic oxidation sites excluding steroid dienone is 1. The Labute approximate surface area is 74.5 Å². The van der Waals surface area contributed by atoms with Crippen molar-refractivity contribution in [2.45, 2.75) is 45.3 Å². The molecule has 0 aromatic heterocycles. The molecular formula is C10H19NO. The third kappa shape index (κ3) is 1.87. The van der Waals surface area contributed by atoms with Crippen molar-refractivity contribution in [2.24, 2.45) is 11.7 Å². The third-order valence-corrected chi connectivity index (χ3v) is 2.74. The molecule has 2 heteroatoms. The average molecular weight is 169 g/mol. The lowest BCUT2D eigenvalue weighted by Crippen LogP contribution is -2.49. The van der Waals surface area contributed by atoms with Crippen LogP contribution in [0.2, 0.25) is 0 Å². The highest BCUT2D eigenvalue weighted by Gasteiger charge is 2.31. The summed E-state index contributed by atoms with van der Waals surface area (Å²) in [5.74, 6) is 0.538. The lowest BCUT2D eigenvalue weighted by molar-refractivity contribution is 0.121. The Kier molecular flexibility index (Phi) is 2.59. The van der Waals surface area contributed by atoms with Crippen LogP contribution in [0, 0.1) is 5.92 Å². The average Bonchev–Trinajstić information content (AvgIpc) is 1.94. The number of nitrogens with two attached hydrogens (primary N) is 1. The zero-order valence-corrected chi connectivity index (χ0v) is 8.17. The van der Waals surface area contributed by atoms with E-state index >= 15 is 0 Å². The Balaban J connectivity index is 2.75. The van der Waals surface area contributed by atoms with Gasteiger partial charge in [-0.25, -0.2) is 0 Å². The van der Waals surface area contributed by atoms with Crippen molar-refractivity contribution in [2.75, 3.05) is 0 Å². The van der Waals surface area contributed by atoms with E-state index in [0.717, 1.165) is 12.8 Å². The smallest absolute Gasteiger partial charge is 0.0900 e. The summed E-state index contributed by atoms with van der Waals surface area (Å²) in [5, 5.41) is 9.65. The van der Waals surface area contributed by atoms with Crippen LogP contribution in [0.25, 0.3) is 0 Å². The fourth-order valence-electron chi connectivity index (χ4n) is 1.52. The lowest BCUT2D eigenvalue weighted by atomic mass is 9.79. The van der Waals surface area contributed by atoms with Crippen molar-refractivity contribution in [3.8, 4) is 0 Å². The zero-order chi connectivity index (χ0) is 9.35. The van der Waals surface area contributed by atoms with Gasteiger partial charge >= 0.3 is 0 Å². The first-order chi connectivity index (χ1) is 5.43. The van der Waals surface area contributed by atoms with Crippen LogP contribution >= 0.6 is 0 Å². The first kappa shape index (κ1) is 9.75. The molecule has 0 saturated carbocycles. The lowest BCUT2D eigenvalue weighted by Gasteiger charge is -2.34. The predicted molar refractivity (Wildman–Crippen MR) is 50.8 cm³/mol. The molecule has 0 saturated heterocycles. The molecule has 1 aliphatic carbocycles. The highest BCUT2D eigenvalue weighted by molar-refractivity contribution is 5.17. The molecule has 0 amide bonds. The zero-order valence-electron chi connectivity index (χ0n) is 8.17. The first-order valence-corrected chi connectivity index (χ1v) is 4.61. The monoisotopic (exact) mass is 169 g/mol. The maximum absolute atomic E-state index is 9.65. The minimum atomic E-state index is -0.469. The second-order valence-corrected chi connectivity index (χ2v) is 4.35. The van der Waals surface area contributed by atoms with Crippen molar-refractivity contribution < 1.29 is 5.11 Å². The van der Waals surface area contributed by atoms with E-state index in [1.54, 1.807) is 0 Å². The molecule has 3 N–H and O–H groups in total. The molecule has 12 heavy (non-hydrogen) atoms. The molecule has 0 bridgehead atoms. The summed E-state index contributed by atoms with van der Waals surface area (Å²) in [7, 11) is 0. The van der Waals surface area contributed by atoms with E-state index in [0.29, 0.717) is 5.92 Å². The van der Waals surface area contributed by atoms with Crippen LogP contribution in [0.3, 0.4) is 0 Å². The van der Waals surface area contributed by atoms with Gasteiger partial charge in [-0.05, 0) is 25.7 Å². The molecule has 0 fully saturated rings. The SMILES string of the molecule is CC(C)C1=CC(O)C(C)(N)CC1. The van der Waals surface area contributed by atoms with Crippen LogP contribution in [0.4, 0.5) is 0 Å². The van der Waals surface area contributed by atoms with Gasteiger partial charge in [0.25, 0.3) is 0 Å². The van der Waals surface area contributed by atoms with Gasteiger partial charge in [0.2, 0.25) is 0 Å². The van der Waals surface area contributed by atoms with Crippen LogP contribution in [0.5, 0.6) is 0 Å². The Morgan fingerprint density at radius 3 is 2.67 bits per heavy atom. The topological polar surface area (TPSA) is 46.2 Å². The molecule has 0 aliphatic heterocycles. The predicted octanol–water partition coefficient (Wildman–Crippen LogP) is 1.44. The van der Waals surface area contributed by atoms with E-state index in [-0.39, 0.29) is 0 Å². The highest BCUT2D eigenvalue weighted by Crippen LogP contribution is 2.29. The first-order valence-electron chi connectivity index (χ1n) is 4.61. The van der Waals surface area contributed by atoms with Gasteiger partial charge in [0.1, 0.15) is 0 Å². The minimum Gasteiger partial charge on any atom is -0.387 e. The molecule has 2 atom stereocenters. The fourth-order valence-corrected chi connectivity index (χ4v) is 1.52. The van der Waals surface area contributed by atoms with Crippen LogP contribution < -0.4 is 5.73 Å². The fraction of sp³-hybridized carbons (Fsp3) is 0.800. The highest BCUT2D eigenvalue weighted by atomic mass is 16.3. The Morgan fingerprint density at radius 1 is 1.67 bits per heavy atom. The van der Waals surface area contributed by atoms with E-state index in [4.69, 9.17) is 5.73 Å². The summed E-state index contributed by atoms with van der Waals surface area (Å²) >= 11 is 0. The van der Waals surface area contributed by atoms with Crippen molar-refractivity contribution in [3.63, 3.8) is 0 Å². The quantitative estimate of drug-likeness (QED) is 0.583. The third-order valence-electron chi connectivity index (χ3n) is 2.74. The van der Waals surface area contributed by atoms with Crippen molar-refractivity contribution >= 4 is 0 Å². The maximum atomic E-state index is 9.65. The van der Waals surface area contributed by atoms with Gasteiger partial charge < -0.3 is 10.8 Å². The number of aliphatic hydroxyl groups is 1. The normalized spacial score (nSPS) is 36.8. The summed E-state index contributed by atoms with van der Waals surface area (Å²) in [6, 6.07) is 0. The van der Waals surface area contributed by atoms with Gasteiger partial charge in [0, 0.05) is 5.54 Å². The second kappa shape index (κ2) is 3.19. The molecule has 0 heterocycles. The maximum Gasteiger partial charge on any atom is 0.0900 e. The van der Waals surface area contributed by atoms with E-state index in [9.17, 15) is 5.11 Å². The van der Waals surface area contributed by atoms with Crippen molar-refractivity contribution in [1.82, 2.24) is 0 Å². The standard InChI is InChI=1S/C10H19NO/c1-7(2)8-4-5-10(3,11)9(12)6-8/h6-7,9,12H,4-5,11H2,1-3H3. The summed E-state index contributed by atoms with van der Waals surface area (Å²) in [6.07, 6.45) is 3.37. The summed E-state index contributed by atoms with van der Waals surface area (Å²) in [6.45, 7) is 6.21. The number of rotatable bonds is 1. The summed E-state index contributed by atoms with van der Waals surface area (Å²) < 4.78 is 0. The van der Waals surface area contributed by atoms with Gasteiger partial charge in [-0.2, -0.15) is 0 Å². The molecule has 70 valence electrons. The molecule has 1 aliphatic rings. The van der Waals surface area contributed by atoms with E-state index < -0.39 is 11.6 Å². The Hall–Kier alpha value is -0.340. The van der Waals surface area contributed by atoms with Gasteiger partial charge in [-0.3, -0.25) is 0 Å². The molecule has 0 spiro atoms. The largest absolute Gasteiger partial charge is 0.387 e. The molecule has 0 aromatic carbocycles. The van der Waals surface area contributed by atoms with Crippen LogP contribution in [0.1, 0.15) is 33.6 Å². The van der Waals surface area contributed by atoms with Crippen molar-refractivity contribution in [3.05, 3.63) is 11.6 Å².